The van der Waals surface area contributed by atoms with Crippen LogP contribution in [0.3, 0.4) is 0 Å². The Bertz CT molecular complexity index is 558. The average molecular weight is 335 g/mol. The number of alkyl halides is 1. The van der Waals surface area contributed by atoms with Crippen LogP contribution in [0.1, 0.15) is 13.3 Å². The molecule has 0 saturated carbocycles. The van der Waals surface area contributed by atoms with Gasteiger partial charge < -0.3 is 10.1 Å². The molecular weight excluding hydrogens is 316 g/mol. The van der Waals surface area contributed by atoms with E-state index >= 15 is 0 Å². The lowest BCUT2D eigenvalue weighted by molar-refractivity contribution is -0.115. The second kappa shape index (κ2) is 8.33. The number of hydrogen-bond acceptors (Lipinski definition) is 4. The number of rotatable bonds is 8. The van der Waals surface area contributed by atoms with Crippen LogP contribution in [0.15, 0.2) is 29.2 Å². The summed E-state index contributed by atoms with van der Waals surface area (Å²) in [6.07, 6.45) is 0.595. The normalized spacial score (nSPS) is 12.9. The first-order valence-electron chi connectivity index (χ1n) is 6.40. The number of ether oxygens (including phenoxy) is 1. The number of amides is 1. The molecule has 0 unspecified atom stereocenters. The second-order valence-electron chi connectivity index (χ2n) is 4.37. The molecule has 1 rings (SSSR count). The predicted octanol–water partition coefficient (Wildman–Crippen LogP) is 1.57. The largest absolute Gasteiger partial charge is 0.385 e. The first kappa shape index (κ1) is 17.9. The number of hydrogen-bond donors (Lipinski definition) is 2. The minimum absolute atomic E-state index is 0.136. The summed E-state index contributed by atoms with van der Waals surface area (Å²) in [6.45, 7) is 2.35. The van der Waals surface area contributed by atoms with Crippen LogP contribution in [0.2, 0.25) is 0 Å². The van der Waals surface area contributed by atoms with Crippen LogP contribution >= 0.6 is 11.6 Å². The lowest BCUT2D eigenvalue weighted by atomic mass is 10.3. The van der Waals surface area contributed by atoms with E-state index in [0.29, 0.717) is 25.3 Å². The van der Waals surface area contributed by atoms with Gasteiger partial charge in [-0.15, -0.1) is 11.6 Å². The Morgan fingerprint density at radius 2 is 1.95 bits per heavy atom. The first-order valence-corrected chi connectivity index (χ1v) is 8.32. The zero-order valence-electron chi connectivity index (χ0n) is 11.9. The number of sulfonamides is 1. The monoisotopic (exact) mass is 334 g/mol. The van der Waals surface area contributed by atoms with Crippen molar-refractivity contribution in [3.63, 3.8) is 0 Å². The molecular formula is C13H19ClN2O4S. The molecule has 6 nitrogen and oxygen atoms in total. The molecule has 1 aromatic rings. The lowest BCUT2D eigenvalue weighted by Crippen LogP contribution is -2.25. The van der Waals surface area contributed by atoms with Crippen LogP contribution in [-0.2, 0) is 19.6 Å². The molecule has 0 heterocycles. The Kier molecular flexibility index (Phi) is 7.10. The highest BCUT2D eigenvalue weighted by molar-refractivity contribution is 7.89. The van der Waals surface area contributed by atoms with Crippen LogP contribution in [0, 0.1) is 0 Å². The van der Waals surface area contributed by atoms with E-state index < -0.39 is 15.4 Å². The first-order chi connectivity index (χ1) is 9.86. The summed E-state index contributed by atoms with van der Waals surface area (Å²) in [5, 5.41) is 1.92. The molecule has 118 valence electrons. The summed E-state index contributed by atoms with van der Waals surface area (Å²) in [4.78, 5) is 11.5. The maximum absolute atomic E-state index is 12.0. The molecule has 2 N–H and O–H groups in total. The number of nitrogens with one attached hydrogen (secondary N) is 2. The lowest BCUT2D eigenvalue weighted by Gasteiger charge is -2.09. The number of carbonyl (C=O) groups excluding carboxylic acids is 1. The zero-order chi connectivity index (χ0) is 15.9. The third kappa shape index (κ3) is 6.01. The molecule has 0 aliphatic carbocycles. The molecule has 0 spiro atoms. The van der Waals surface area contributed by atoms with Crippen molar-refractivity contribution >= 4 is 33.2 Å². The van der Waals surface area contributed by atoms with Crippen molar-refractivity contribution in [1.82, 2.24) is 4.72 Å². The van der Waals surface area contributed by atoms with Gasteiger partial charge in [0.15, 0.2) is 0 Å². The molecule has 1 atom stereocenters. The SMILES string of the molecule is COCCCNS(=O)(=O)c1ccc(NC(=O)[C@@H](C)Cl)cc1. The van der Waals surface area contributed by atoms with Gasteiger partial charge >= 0.3 is 0 Å². The van der Waals surface area contributed by atoms with Crippen molar-refractivity contribution in [1.29, 1.82) is 0 Å². The maximum atomic E-state index is 12.0. The van der Waals surface area contributed by atoms with E-state index in [4.69, 9.17) is 16.3 Å². The van der Waals surface area contributed by atoms with E-state index in [1.165, 1.54) is 24.3 Å². The minimum atomic E-state index is -3.55. The van der Waals surface area contributed by atoms with Crippen LogP contribution in [0.4, 0.5) is 5.69 Å². The van der Waals surface area contributed by atoms with Gasteiger partial charge in [0.1, 0.15) is 5.38 Å². The van der Waals surface area contributed by atoms with Gasteiger partial charge in [0.25, 0.3) is 0 Å². The smallest absolute Gasteiger partial charge is 0.242 e. The van der Waals surface area contributed by atoms with E-state index in [-0.39, 0.29) is 10.8 Å². The highest BCUT2D eigenvalue weighted by Crippen LogP contribution is 2.14. The van der Waals surface area contributed by atoms with Gasteiger partial charge in [-0.2, -0.15) is 0 Å². The number of anilines is 1. The topological polar surface area (TPSA) is 84.5 Å². The van der Waals surface area contributed by atoms with Crippen molar-refractivity contribution in [3.05, 3.63) is 24.3 Å². The molecule has 21 heavy (non-hydrogen) atoms. The molecule has 0 bridgehead atoms. The third-order valence-corrected chi connectivity index (χ3v) is 4.29. The van der Waals surface area contributed by atoms with Gasteiger partial charge in [-0.25, -0.2) is 13.1 Å². The Labute approximate surface area is 129 Å². The standard InChI is InChI=1S/C13H19ClN2O4S/c1-10(14)13(17)16-11-4-6-12(7-5-11)21(18,19)15-8-3-9-20-2/h4-7,10,15H,3,8-9H2,1-2H3,(H,16,17)/t10-/m1/s1. The molecule has 1 aromatic carbocycles. The Morgan fingerprint density at radius 3 is 2.48 bits per heavy atom. The second-order valence-corrected chi connectivity index (χ2v) is 6.80. The zero-order valence-corrected chi connectivity index (χ0v) is 13.5. The molecule has 0 aliphatic rings. The number of benzene rings is 1. The fourth-order valence-corrected chi connectivity index (χ4v) is 2.59. The summed E-state index contributed by atoms with van der Waals surface area (Å²) in [5.74, 6) is -0.343. The highest BCUT2D eigenvalue weighted by Gasteiger charge is 2.14. The van der Waals surface area contributed by atoms with Gasteiger partial charge in [-0.3, -0.25) is 4.79 Å². The van der Waals surface area contributed by atoms with Crippen molar-refractivity contribution in [2.45, 2.75) is 23.6 Å². The maximum Gasteiger partial charge on any atom is 0.242 e. The van der Waals surface area contributed by atoms with Gasteiger partial charge in [-0.05, 0) is 37.6 Å². The Balaban J connectivity index is 2.66. The van der Waals surface area contributed by atoms with Crippen molar-refractivity contribution in [2.75, 3.05) is 25.6 Å². The van der Waals surface area contributed by atoms with Gasteiger partial charge in [0.05, 0.1) is 4.90 Å². The van der Waals surface area contributed by atoms with Gasteiger partial charge in [0.2, 0.25) is 15.9 Å². The quantitative estimate of drug-likeness (QED) is 0.558. The number of halogens is 1. The van der Waals surface area contributed by atoms with E-state index in [2.05, 4.69) is 10.0 Å². The summed E-state index contributed by atoms with van der Waals surface area (Å²) in [5.41, 5.74) is 0.492. The predicted molar refractivity (Wildman–Crippen MR) is 82.1 cm³/mol. The van der Waals surface area contributed by atoms with Crippen molar-refractivity contribution in [2.24, 2.45) is 0 Å². The van der Waals surface area contributed by atoms with Crippen LogP contribution in [0.25, 0.3) is 0 Å². The van der Waals surface area contributed by atoms with E-state index in [0.717, 1.165) is 0 Å². The summed E-state index contributed by atoms with van der Waals surface area (Å²) < 4.78 is 31.3. The summed E-state index contributed by atoms with van der Waals surface area (Å²) >= 11 is 5.64. The van der Waals surface area contributed by atoms with E-state index in [1.807, 2.05) is 0 Å². The van der Waals surface area contributed by atoms with Crippen molar-refractivity contribution < 1.29 is 17.9 Å². The Hall–Kier alpha value is -1.15. The molecule has 1 amide bonds. The average Bonchev–Trinajstić information content (AvgIpc) is 2.44. The van der Waals surface area contributed by atoms with E-state index in [9.17, 15) is 13.2 Å². The summed E-state index contributed by atoms with van der Waals surface area (Å²) in [6, 6.07) is 5.88. The van der Waals surface area contributed by atoms with Gasteiger partial charge in [0, 0.05) is 25.9 Å². The highest BCUT2D eigenvalue weighted by atomic mass is 35.5. The molecule has 0 aliphatic heterocycles. The van der Waals surface area contributed by atoms with Crippen molar-refractivity contribution in [3.8, 4) is 0 Å². The van der Waals surface area contributed by atoms with E-state index in [1.54, 1.807) is 14.0 Å². The van der Waals surface area contributed by atoms with Crippen LogP contribution < -0.4 is 10.0 Å². The van der Waals surface area contributed by atoms with Gasteiger partial charge in [-0.1, -0.05) is 0 Å². The molecule has 0 aromatic heterocycles. The number of carbonyl (C=O) groups is 1. The number of methoxy groups -OCH3 is 1. The molecule has 0 radical (unpaired) electrons. The molecule has 0 fully saturated rings. The van der Waals surface area contributed by atoms with Crippen LogP contribution in [-0.4, -0.2) is 40.0 Å². The molecule has 8 heteroatoms. The fraction of sp³-hybridized carbons (Fsp3) is 0.462. The fourth-order valence-electron chi connectivity index (χ4n) is 1.47. The molecule has 0 saturated heterocycles. The summed E-state index contributed by atoms with van der Waals surface area (Å²) in [7, 11) is -1.99. The Morgan fingerprint density at radius 1 is 1.33 bits per heavy atom. The minimum Gasteiger partial charge on any atom is -0.385 e. The van der Waals surface area contributed by atoms with Crippen LogP contribution in [0.5, 0.6) is 0 Å². The third-order valence-electron chi connectivity index (χ3n) is 2.61.